The Labute approximate surface area is 112 Å². The lowest BCUT2D eigenvalue weighted by atomic mass is 10.1. The first-order chi connectivity index (χ1) is 8.33. The van der Waals surface area contributed by atoms with Crippen molar-refractivity contribution in [2.75, 3.05) is 44.2 Å². The number of hydrogen-bond donors (Lipinski definition) is 1. The predicted octanol–water partition coefficient (Wildman–Crippen LogP) is 2.84. The molecule has 0 amide bonds. The Balaban J connectivity index is 1.91. The van der Waals surface area contributed by atoms with E-state index in [4.69, 9.17) is 0 Å². The molecule has 0 bridgehead atoms. The van der Waals surface area contributed by atoms with E-state index < -0.39 is 0 Å². The van der Waals surface area contributed by atoms with Crippen molar-refractivity contribution in [3.63, 3.8) is 0 Å². The maximum absolute atomic E-state index is 3.59. The van der Waals surface area contributed by atoms with Gasteiger partial charge < -0.3 is 10.2 Å². The summed E-state index contributed by atoms with van der Waals surface area (Å²) in [6.45, 7) is 10.9. The van der Waals surface area contributed by atoms with E-state index >= 15 is 0 Å². The van der Waals surface area contributed by atoms with Gasteiger partial charge in [0.2, 0.25) is 0 Å². The van der Waals surface area contributed by atoms with Gasteiger partial charge in [-0.25, -0.2) is 0 Å². The van der Waals surface area contributed by atoms with E-state index in [1.165, 1.54) is 69.9 Å². The van der Waals surface area contributed by atoms with E-state index in [0.29, 0.717) is 0 Å². The van der Waals surface area contributed by atoms with Gasteiger partial charge in [-0.3, -0.25) is 0 Å². The first kappa shape index (κ1) is 15.3. The number of rotatable bonds is 9. The molecule has 0 aromatic heterocycles. The zero-order chi connectivity index (χ0) is 12.3. The lowest BCUT2D eigenvalue weighted by Crippen LogP contribution is -2.36. The molecule has 1 unspecified atom stereocenters. The van der Waals surface area contributed by atoms with Crippen LogP contribution in [0.5, 0.6) is 0 Å². The van der Waals surface area contributed by atoms with Gasteiger partial charge in [0.15, 0.2) is 0 Å². The van der Waals surface area contributed by atoms with Gasteiger partial charge in [0, 0.05) is 6.54 Å². The van der Waals surface area contributed by atoms with Gasteiger partial charge in [0.05, 0.1) is 0 Å². The Kier molecular flexibility index (Phi) is 9.21. The lowest BCUT2D eigenvalue weighted by Gasteiger charge is -2.29. The summed E-state index contributed by atoms with van der Waals surface area (Å²) >= 11 is 2.05. The van der Waals surface area contributed by atoms with Crippen LogP contribution in [0.2, 0.25) is 0 Å². The van der Waals surface area contributed by atoms with Crippen LogP contribution in [0, 0.1) is 5.92 Å². The highest BCUT2D eigenvalue weighted by Gasteiger charge is 2.12. The molecule has 1 rings (SSSR count). The predicted molar refractivity (Wildman–Crippen MR) is 79.9 cm³/mol. The van der Waals surface area contributed by atoms with Crippen molar-refractivity contribution in [3.05, 3.63) is 0 Å². The summed E-state index contributed by atoms with van der Waals surface area (Å²) in [6.07, 6.45) is 5.58. The molecule has 0 aromatic carbocycles. The molecule has 2 nitrogen and oxygen atoms in total. The third-order valence-corrected chi connectivity index (χ3v) is 4.34. The van der Waals surface area contributed by atoms with Crippen LogP contribution < -0.4 is 5.32 Å². The normalized spacial score (nSPS) is 19.4. The average Bonchev–Trinajstić information content (AvgIpc) is 2.35. The first-order valence-electron chi connectivity index (χ1n) is 7.33. The summed E-state index contributed by atoms with van der Waals surface area (Å²) < 4.78 is 0. The molecule has 0 aliphatic carbocycles. The van der Waals surface area contributed by atoms with Crippen molar-refractivity contribution < 1.29 is 0 Å². The lowest BCUT2D eigenvalue weighted by molar-refractivity contribution is 0.199. The molecule has 0 saturated carbocycles. The van der Waals surface area contributed by atoms with Crippen LogP contribution in [-0.4, -0.2) is 49.1 Å². The highest BCUT2D eigenvalue weighted by atomic mass is 32.2. The number of likely N-dealkylation sites (tertiary alicyclic amines) is 1. The van der Waals surface area contributed by atoms with Crippen LogP contribution in [0.25, 0.3) is 0 Å². The Morgan fingerprint density at radius 2 is 2.00 bits per heavy atom. The topological polar surface area (TPSA) is 15.3 Å². The maximum atomic E-state index is 3.59. The molecule has 3 heteroatoms. The van der Waals surface area contributed by atoms with Gasteiger partial charge in [-0.2, -0.15) is 11.8 Å². The Morgan fingerprint density at radius 3 is 2.71 bits per heavy atom. The number of thioether (sulfide) groups is 1. The van der Waals surface area contributed by atoms with E-state index in [0.717, 1.165) is 5.92 Å². The largest absolute Gasteiger partial charge is 0.316 e. The van der Waals surface area contributed by atoms with Crippen LogP contribution in [0.3, 0.4) is 0 Å². The SMILES string of the molecule is CCSCCCNCC(C)CN1CCCCC1. The van der Waals surface area contributed by atoms with E-state index in [1.54, 1.807) is 0 Å². The molecular formula is C14H30N2S. The number of nitrogens with zero attached hydrogens (tertiary/aromatic N) is 1. The van der Waals surface area contributed by atoms with Gasteiger partial charge in [-0.15, -0.1) is 0 Å². The molecule has 1 N–H and O–H groups in total. The number of piperidine rings is 1. The summed E-state index contributed by atoms with van der Waals surface area (Å²) in [6, 6.07) is 0. The summed E-state index contributed by atoms with van der Waals surface area (Å²) in [5, 5.41) is 3.59. The molecule has 0 spiro atoms. The maximum Gasteiger partial charge on any atom is 0.00191 e. The van der Waals surface area contributed by atoms with E-state index in [1.807, 2.05) is 11.8 Å². The Hall–Kier alpha value is 0.270. The fourth-order valence-electron chi connectivity index (χ4n) is 2.44. The number of nitrogens with one attached hydrogen (secondary N) is 1. The molecule has 1 heterocycles. The summed E-state index contributed by atoms with van der Waals surface area (Å²) in [4.78, 5) is 2.64. The van der Waals surface area contributed by atoms with Crippen LogP contribution in [-0.2, 0) is 0 Å². The molecule has 1 aliphatic heterocycles. The molecule has 1 aliphatic rings. The van der Waals surface area contributed by atoms with E-state index in [2.05, 4.69) is 24.1 Å². The minimum Gasteiger partial charge on any atom is -0.316 e. The average molecular weight is 258 g/mol. The molecule has 1 fully saturated rings. The minimum atomic E-state index is 0.798. The van der Waals surface area contributed by atoms with Gasteiger partial charge in [-0.05, 0) is 62.9 Å². The highest BCUT2D eigenvalue weighted by molar-refractivity contribution is 7.99. The fourth-order valence-corrected chi connectivity index (χ4v) is 3.08. The summed E-state index contributed by atoms with van der Waals surface area (Å²) in [7, 11) is 0. The molecule has 0 aromatic rings. The van der Waals surface area contributed by atoms with Crippen molar-refractivity contribution in [1.82, 2.24) is 10.2 Å². The van der Waals surface area contributed by atoms with Crippen LogP contribution in [0.4, 0.5) is 0 Å². The second-order valence-electron chi connectivity index (χ2n) is 5.22. The van der Waals surface area contributed by atoms with E-state index in [9.17, 15) is 0 Å². The molecule has 1 atom stereocenters. The van der Waals surface area contributed by atoms with Crippen LogP contribution in [0.1, 0.15) is 39.5 Å². The van der Waals surface area contributed by atoms with Crippen LogP contribution >= 0.6 is 11.8 Å². The van der Waals surface area contributed by atoms with Gasteiger partial charge in [0.1, 0.15) is 0 Å². The first-order valence-corrected chi connectivity index (χ1v) is 8.49. The van der Waals surface area contributed by atoms with Gasteiger partial charge in [0.25, 0.3) is 0 Å². The van der Waals surface area contributed by atoms with Crippen molar-refractivity contribution >= 4 is 11.8 Å². The quantitative estimate of drug-likeness (QED) is 0.640. The summed E-state index contributed by atoms with van der Waals surface area (Å²) in [5.41, 5.74) is 0. The van der Waals surface area contributed by atoms with E-state index in [-0.39, 0.29) is 0 Å². The zero-order valence-corrected chi connectivity index (χ0v) is 12.5. The molecule has 17 heavy (non-hydrogen) atoms. The standard InChI is InChI=1S/C14H30N2S/c1-3-17-11-7-8-15-12-14(2)13-16-9-5-4-6-10-16/h14-15H,3-13H2,1-2H3. The third-order valence-electron chi connectivity index (χ3n) is 3.36. The van der Waals surface area contributed by atoms with Gasteiger partial charge in [-0.1, -0.05) is 20.3 Å². The van der Waals surface area contributed by atoms with Crippen molar-refractivity contribution in [1.29, 1.82) is 0 Å². The summed E-state index contributed by atoms with van der Waals surface area (Å²) in [5.74, 6) is 3.36. The highest BCUT2D eigenvalue weighted by Crippen LogP contribution is 2.10. The molecule has 1 saturated heterocycles. The van der Waals surface area contributed by atoms with Crippen molar-refractivity contribution in [3.8, 4) is 0 Å². The van der Waals surface area contributed by atoms with Crippen LogP contribution in [0.15, 0.2) is 0 Å². The second-order valence-corrected chi connectivity index (χ2v) is 6.61. The third kappa shape index (κ3) is 8.06. The molecule has 102 valence electrons. The van der Waals surface area contributed by atoms with Crippen molar-refractivity contribution in [2.24, 2.45) is 5.92 Å². The smallest absolute Gasteiger partial charge is 0.00191 e. The zero-order valence-electron chi connectivity index (χ0n) is 11.7. The molecule has 0 radical (unpaired) electrons. The Bertz CT molecular complexity index is 170. The number of hydrogen-bond acceptors (Lipinski definition) is 3. The Morgan fingerprint density at radius 1 is 1.24 bits per heavy atom. The van der Waals surface area contributed by atoms with Crippen molar-refractivity contribution in [2.45, 2.75) is 39.5 Å². The van der Waals surface area contributed by atoms with Gasteiger partial charge >= 0.3 is 0 Å². The minimum absolute atomic E-state index is 0.798. The molecular weight excluding hydrogens is 228 g/mol. The fraction of sp³-hybridized carbons (Fsp3) is 1.00. The second kappa shape index (κ2) is 10.2. The monoisotopic (exact) mass is 258 g/mol.